The molecule has 0 bridgehead atoms. The van der Waals surface area contributed by atoms with Gasteiger partial charge in [-0.2, -0.15) is 0 Å². The number of aromatic nitrogens is 2. The van der Waals surface area contributed by atoms with E-state index in [1.54, 1.807) is 25.5 Å². The number of aliphatic imine (C=N–C) groups is 1. The highest BCUT2D eigenvalue weighted by molar-refractivity contribution is 5.85. The van der Waals surface area contributed by atoms with Gasteiger partial charge in [0.1, 0.15) is 17.1 Å². The Morgan fingerprint density at radius 3 is 2.68 bits per heavy atom. The first-order valence-electron chi connectivity index (χ1n) is 8.56. The van der Waals surface area contributed by atoms with Crippen LogP contribution in [-0.4, -0.2) is 27.6 Å². The number of hydrogen-bond acceptors (Lipinski definition) is 5. The van der Waals surface area contributed by atoms with Gasteiger partial charge in [-0.3, -0.25) is 14.5 Å². The van der Waals surface area contributed by atoms with Gasteiger partial charge >= 0.3 is 0 Å². The molecule has 0 aliphatic carbocycles. The average molecular weight is 372 g/mol. The Balaban J connectivity index is 1.81. The predicted octanol–water partition coefficient (Wildman–Crippen LogP) is 4.67. The molecular weight excluding hydrogens is 356 g/mol. The van der Waals surface area contributed by atoms with E-state index in [4.69, 9.17) is 9.72 Å². The van der Waals surface area contributed by atoms with Crippen molar-refractivity contribution in [2.45, 2.75) is 0 Å². The van der Waals surface area contributed by atoms with Gasteiger partial charge < -0.3 is 4.74 Å². The van der Waals surface area contributed by atoms with Crippen molar-refractivity contribution in [3.63, 3.8) is 0 Å². The molecule has 0 saturated carbocycles. The molecule has 7 nitrogen and oxygen atoms in total. The summed E-state index contributed by atoms with van der Waals surface area (Å²) in [6.07, 6.45) is 3.49. The number of pyridine rings is 1. The monoisotopic (exact) mass is 372 g/mol. The number of ether oxygens (including phenoxy) is 1. The average Bonchev–Trinajstić information content (AvgIpc) is 3.11. The summed E-state index contributed by atoms with van der Waals surface area (Å²) >= 11 is 0. The topological polar surface area (TPSA) is 82.0 Å². The van der Waals surface area contributed by atoms with Crippen LogP contribution in [0.3, 0.4) is 0 Å². The Morgan fingerprint density at radius 2 is 1.93 bits per heavy atom. The number of fused-ring (bicyclic) bond motifs is 1. The minimum absolute atomic E-state index is 0.0254. The van der Waals surface area contributed by atoms with Crippen LogP contribution in [-0.2, 0) is 0 Å². The Hall–Kier alpha value is -4.00. The van der Waals surface area contributed by atoms with Gasteiger partial charge in [0.05, 0.1) is 12.0 Å². The third-order valence-corrected chi connectivity index (χ3v) is 4.29. The quantitative estimate of drug-likeness (QED) is 0.290. The van der Waals surface area contributed by atoms with Crippen LogP contribution in [0.2, 0.25) is 0 Å². The summed E-state index contributed by atoms with van der Waals surface area (Å²) in [5.74, 6) is 1.40. The lowest BCUT2D eigenvalue weighted by molar-refractivity contribution is -0.384. The van der Waals surface area contributed by atoms with Crippen LogP contribution in [0.25, 0.3) is 16.9 Å². The lowest BCUT2D eigenvalue weighted by Crippen LogP contribution is -1.90. The van der Waals surface area contributed by atoms with Crippen molar-refractivity contribution in [3.8, 4) is 17.0 Å². The Kier molecular flexibility index (Phi) is 4.55. The highest BCUT2D eigenvalue weighted by Gasteiger charge is 2.13. The van der Waals surface area contributed by atoms with Crippen molar-refractivity contribution >= 4 is 23.4 Å². The summed E-state index contributed by atoms with van der Waals surface area (Å²) in [5, 5.41) is 11.0. The molecule has 4 rings (SSSR count). The highest BCUT2D eigenvalue weighted by Crippen LogP contribution is 2.32. The summed E-state index contributed by atoms with van der Waals surface area (Å²) in [4.78, 5) is 19.9. The number of imidazole rings is 1. The molecule has 0 unspecified atom stereocenters. The number of nitro groups is 1. The molecule has 2 aromatic carbocycles. The Morgan fingerprint density at radius 1 is 1.11 bits per heavy atom. The van der Waals surface area contributed by atoms with Crippen LogP contribution in [0.4, 0.5) is 11.5 Å². The van der Waals surface area contributed by atoms with Crippen molar-refractivity contribution in [2.24, 2.45) is 4.99 Å². The lowest BCUT2D eigenvalue weighted by atomic mass is 10.1. The van der Waals surface area contributed by atoms with Crippen molar-refractivity contribution in [1.29, 1.82) is 0 Å². The van der Waals surface area contributed by atoms with E-state index in [0.29, 0.717) is 11.4 Å². The number of methoxy groups -OCH3 is 1. The molecule has 28 heavy (non-hydrogen) atoms. The smallest absolute Gasteiger partial charge is 0.270 e. The maximum atomic E-state index is 11.0. The molecule has 4 aromatic rings. The third kappa shape index (κ3) is 3.33. The fourth-order valence-electron chi connectivity index (χ4n) is 2.90. The minimum Gasteiger partial charge on any atom is -0.497 e. The minimum atomic E-state index is -0.422. The van der Waals surface area contributed by atoms with Crippen molar-refractivity contribution in [3.05, 3.63) is 88.6 Å². The molecule has 7 heteroatoms. The van der Waals surface area contributed by atoms with Crippen LogP contribution in [0.1, 0.15) is 5.56 Å². The summed E-state index contributed by atoms with van der Waals surface area (Å²) in [6, 6.07) is 19.6. The zero-order chi connectivity index (χ0) is 19.5. The Bertz CT molecular complexity index is 1180. The maximum Gasteiger partial charge on any atom is 0.270 e. The zero-order valence-electron chi connectivity index (χ0n) is 15.0. The summed E-state index contributed by atoms with van der Waals surface area (Å²) < 4.78 is 7.10. The van der Waals surface area contributed by atoms with Crippen molar-refractivity contribution in [1.82, 2.24) is 9.38 Å². The SMILES string of the molecule is COc1ccc(-c2nc3ccccn3c2N=Cc2cccc([N+](=O)[O-])c2)cc1. The molecule has 0 radical (unpaired) electrons. The van der Waals surface area contributed by atoms with E-state index in [2.05, 4.69) is 4.99 Å². The lowest BCUT2D eigenvalue weighted by Gasteiger charge is -2.03. The van der Waals surface area contributed by atoms with E-state index in [-0.39, 0.29) is 5.69 Å². The number of rotatable bonds is 5. The molecule has 0 spiro atoms. The number of nitrogens with zero attached hydrogens (tertiary/aromatic N) is 4. The normalized spacial score (nSPS) is 11.2. The van der Waals surface area contributed by atoms with Crippen LogP contribution < -0.4 is 4.74 Å². The van der Waals surface area contributed by atoms with Gasteiger partial charge in [-0.1, -0.05) is 18.2 Å². The molecule has 2 aromatic heterocycles. The van der Waals surface area contributed by atoms with Crippen molar-refractivity contribution in [2.75, 3.05) is 7.11 Å². The standard InChI is InChI=1S/C21H16N4O3/c1-28-18-10-8-16(9-11-18)20-21(24-12-3-2-7-19(24)23-20)22-14-15-5-4-6-17(13-15)25(26)27/h2-14H,1H3. The molecule has 138 valence electrons. The second-order valence-corrected chi connectivity index (χ2v) is 6.05. The summed E-state index contributed by atoms with van der Waals surface area (Å²) in [7, 11) is 1.62. The van der Waals surface area contributed by atoms with E-state index in [1.807, 2.05) is 53.1 Å². The van der Waals surface area contributed by atoms with Gasteiger partial charge in [-0.05, 0) is 42.0 Å². The zero-order valence-corrected chi connectivity index (χ0v) is 15.0. The molecule has 0 aliphatic rings. The highest BCUT2D eigenvalue weighted by atomic mass is 16.6. The van der Waals surface area contributed by atoms with Gasteiger partial charge in [0.25, 0.3) is 5.69 Å². The number of nitro benzene ring substituents is 1. The largest absolute Gasteiger partial charge is 0.497 e. The molecule has 0 N–H and O–H groups in total. The number of non-ortho nitro benzene ring substituents is 1. The summed E-state index contributed by atoms with van der Waals surface area (Å²) in [6.45, 7) is 0. The second kappa shape index (κ2) is 7.32. The molecule has 0 saturated heterocycles. The van der Waals surface area contributed by atoms with Crippen LogP contribution in [0.5, 0.6) is 5.75 Å². The van der Waals surface area contributed by atoms with Crippen LogP contribution in [0, 0.1) is 10.1 Å². The van der Waals surface area contributed by atoms with E-state index in [9.17, 15) is 10.1 Å². The van der Waals surface area contributed by atoms with Crippen molar-refractivity contribution < 1.29 is 9.66 Å². The van der Waals surface area contributed by atoms with E-state index >= 15 is 0 Å². The summed E-state index contributed by atoms with van der Waals surface area (Å²) in [5.41, 5.74) is 3.05. The van der Waals surface area contributed by atoms with Gasteiger partial charge in [0.2, 0.25) is 0 Å². The molecule has 2 heterocycles. The Labute approximate surface area is 160 Å². The molecule has 0 amide bonds. The number of benzene rings is 2. The molecular formula is C21H16N4O3. The molecule has 0 fully saturated rings. The first kappa shape index (κ1) is 17.4. The van der Waals surface area contributed by atoms with Crippen LogP contribution >= 0.6 is 0 Å². The van der Waals surface area contributed by atoms with Gasteiger partial charge in [0.15, 0.2) is 5.82 Å². The predicted molar refractivity (Wildman–Crippen MR) is 108 cm³/mol. The van der Waals surface area contributed by atoms with Gasteiger partial charge in [0, 0.05) is 30.1 Å². The first-order chi connectivity index (χ1) is 13.7. The molecule has 0 aliphatic heterocycles. The van der Waals surface area contributed by atoms with E-state index in [1.165, 1.54) is 12.1 Å². The van der Waals surface area contributed by atoms with Crippen LogP contribution in [0.15, 0.2) is 77.9 Å². The second-order valence-electron chi connectivity index (χ2n) is 6.05. The van der Waals surface area contributed by atoms with Gasteiger partial charge in [-0.25, -0.2) is 9.98 Å². The fourth-order valence-corrected chi connectivity index (χ4v) is 2.90. The number of hydrogen-bond donors (Lipinski definition) is 0. The van der Waals surface area contributed by atoms with Gasteiger partial charge in [-0.15, -0.1) is 0 Å². The molecule has 0 atom stereocenters. The van der Waals surface area contributed by atoms with E-state index < -0.39 is 4.92 Å². The maximum absolute atomic E-state index is 11.0. The van der Waals surface area contributed by atoms with E-state index in [0.717, 1.165) is 22.7 Å². The third-order valence-electron chi connectivity index (χ3n) is 4.29. The fraction of sp³-hybridized carbons (Fsp3) is 0.0476. The first-order valence-corrected chi connectivity index (χ1v) is 8.56.